The molecule has 2 aliphatic rings. The molecule has 1 unspecified atom stereocenters. The number of carbonyl (C=O) groups is 2. The molecule has 0 aliphatic carbocycles. The van der Waals surface area contributed by atoms with Crippen LogP contribution in [0.4, 0.5) is 5.69 Å². The number of rotatable bonds is 7. The Hall–Kier alpha value is -2.11. The van der Waals surface area contributed by atoms with Gasteiger partial charge in [0, 0.05) is 30.7 Å². The fourth-order valence-electron chi connectivity index (χ4n) is 3.94. The van der Waals surface area contributed by atoms with E-state index in [0.29, 0.717) is 38.5 Å². The molecule has 2 aromatic rings. The first kappa shape index (κ1) is 23.1. The molecule has 0 saturated carbocycles. The summed E-state index contributed by atoms with van der Waals surface area (Å²) in [5.74, 6) is -0.944. The molecular weight excluding hydrogens is 498 g/mol. The van der Waals surface area contributed by atoms with E-state index in [2.05, 4.69) is 20.8 Å². The Kier molecular flexibility index (Phi) is 7.06. The molecule has 0 radical (unpaired) electrons. The maximum atomic E-state index is 13.5. The van der Waals surface area contributed by atoms with Crippen molar-refractivity contribution in [3.8, 4) is 0 Å². The van der Waals surface area contributed by atoms with Crippen molar-refractivity contribution in [2.45, 2.75) is 17.4 Å². The van der Waals surface area contributed by atoms with Crippen LogP contribution in [0.15, 0.2) is 64.0 Å². The third-order valence-electron chi connectivity index (χ3n) is 5.65. The SMILES string of the molecule is O=C1CC(N(CCN2CCOCC2)S(=O)(=O)c2ccccc2)C(=O)N1c1ccc(Br)cc1. The fourth-order valence-corrected chi connectivity index (χ4v) is 5.80. The summed E-state index contributed by atoms with van der Waals surface area (Å²) in [4.78, 5) is 29.4. The molecule has 2 aromatic carbocycles. The second-order valence-corrected chi connectivity index (χ2v) is 10.5. The van der Waals surface area contributed by atoms with Crippen molar-refractivity contribution in [3.63, 3.8) is 0 Å². The van der Waals surface area contributed by atoms with Crippen LogP contribution in [0.25, 0.3) is 0 Å². The summed E-state index contributed by atoms with van der Waals surface area (Å²) in [6.07, 6.45) is -0.190. The van der Waals surface area contributed by atoms with Crippen molar-refractivity contribution >= 4 is 43.5 Å². The summed E-state index contributed by atoms with van der Waals surface area (Å²) in [5, 5.41) is 0. The Bertz CT molecular complexity index is 1070. The number of carbonyl (C=O) groups excluding carboxylic acids is 2. The molecule has 0 spiro atoms. The lowest BCUT2D eigenvalue weighted by molar-refractivity contribution is -0.122. The molecule has 4 rings (SSSR count). The molecule has 2 amide bonds. The van der Waals surface area contributed by atoms with Gasteiger partial charge in [0.25, 0.3) is 5.91 Å². The van der Waals surface area contributed by atoms with Gasteiger partial charge in [-0.1, -0.05) is 34.1 Å². The van der Waals surface area contributed by atoms with Gasteiger partial charge in [-0.3, -0.25) is 14.5 Å². The van der Waals surface area contributed by atoms with Crippen molar-refractivity contribution in [2.24, 2.45) is 0 Å². The third-order valence-corrected chi connectivity index (χ3v) is 8.10. The van der Waals surface area contributed by atoms with Crippen molar-refractivity contribution in [1.29, 1.82) is 0 Å². The predicted octanol–water partition coefficient (Wildman–Crippen LogP) is 2.10. The zero-order valence-corrected chi connectivity index (χ0v) is 19.8. The van der Waals surface area contributed by atoms with E-state index in [1.54, 1.807) is 42.5 Å². The molecule has 8 nitrogen and oxygen atoms in total. The highest BCUT2D eigenvalue weighted by Crippen LogP contribution is 2.30. The van der Waals surface area contributed by atoms with E-state index in [1.807, 2.05) is 0 Å². The van der Waals surface area contributed by atoms with Crippen LogP contribution in [0.1, 0.15) is 6.42 Å². The number of halogens is 1. The van der Waals surface area contributed by atoms with Gasteiger partial charge in [-0.2, -0.15) is 4.31 Å². The van der Waals surface area contributed by atoms with E-state index in [4.69, 9.17) is 4.74 Å². The molecule has 2 heterocycles. The Morgan fingerprint density at radius 2 is 1.66 bits per heavy atom. The minimum Gasteiger partial charge on any atom is -0.379 e. The van der Waals surface area contributed by atoms with E-state index in [9.17, 15) is 18.0 Å². The molecule has 170 valence electrons. The summed E-state index contributed by atoms with van der Waals surface area (Å²) in [6, 6.07) is 13.7. The van der Waals surface area contributed by atoms with E-state index < -0.39 is 27.9 Å². The first-order valence-corrected chi connectivity index (χ1v) is 12.6. The standard InChI is InChI=1S/C22H24BrN3O5S/c23-17-6-8-18(9-7-17)26-21(27)16-20(22(26)28)25(11-10-24-12-14-31-15-13-24)32(29,30)19-4-2-1-3-5-19/h1-9,20H,10-16H2. The van der Waals surface area contributed by atoms with Gasteiger partial charge in [-0.25, -0.2) is 13.3 Å². The molecule has 10 heteroatoms. The van der Waals surface area contributed by atoms with Crippen molar-refractivity contribution in [3.05, 3.63) is 59.1 Å². The van der Waals surface area contributed by atoms with E-state index in [-0.39, 0.29) is 17.9 Å². The van der Waals surface area contributed by atoms with Crippen LogP contribution >= 0.6 is 15.9 Å². The van der Waals surface area contributed by atoms with Crippen LogP contribution in [0.2, 0.25) is 0 Å². The van der Waals surface area contributed by atoms with Crippen molar-refractivity contribution < 1.29 is 22.7 Å². The molecule has 1 atom stereocenters. The zero-order valence-electron chi connectivity index (χ0n) is 17.4. The van der Waals surface area contributed by atoms with Gasteiger partial charge in [0.05, 0.1) is 30.2 Å². The number of ether oxygens (including phenoxy) is 1. The highest BCUT2D eigenvalue weighted by molar-refractivity contribution is 9.10. The number of hydrogen-bond donors (Lipinski definition) is 0. The quantitative estimate of drug-likeness (QED) is 0.518. The van der Waals surface area contributed by atoms with Gasteiger partial charge in [-0.15, -0.1) is 0 Å². The lowest BCUT2D eigenvalue weighted by Crippen LogP contribution is -2.49. The van der Waals surface area contributed by atoms with Crippen LogP contribution in [0.5, 0.6) is 0 Å². The third kappa shape index (κ3) is 4.79. The minimum atomic E-state index is -3.99. The monoisotopic (exact) mass is 521 g/mol. The summed E-state index contributed by atoms with van der Waals surface area (Å²) in [7, 11) is -3.99. The van der Waals surface area contributed by atoms with E-state index in [0.717, 1.165) is 9.37 Å². The van der Waals surface area contributed by atoms with Crippen LogP contribution in [0, 0.1) is 0 Å². The number of amides is 2. The van der Waals surface area contributed by atoms with E-state index in [1.165, 1.54) is 16.4 Å². The van der Waals surface area contributed by atoms with Crippen LogP contribution in [0.3, 0.4) is 0 Å². The van der Waals surface area contributed by atoms with Gasteiger partial charge < -0.3 is 4.74 Å². The summed E-state index contributed by atoms with van der Waals surface area (Å²) in [5.41, 5.74) is 0.427. The van der Waals surface area contributed by atoms with Crippen molar-refractivity contribution in [1.82, 2.24) is 9.21 Å². The van der Waals surface area contributed by atoms with Crippen molar-refractivity contribution in [2.75, 3.05) is 44.3 Å². The summed E-state index contributed by atoms with van der Waals surface area (Å²) < 4.78 is 34.4. The van der Waals surface area contributed by atoms with E-state index >= 15 is 0 Å². The van der Waals surface area contributed by atoms with Crippen LogP contribution in [-0.4, -0.2) is 74.9 Å². The molecule has 0 bridgehead atoms. The number of nitrogens with zero attached hydrogens (tertiary/aromatic N) is 3. The Balaban J connectivity index is 1.63. The predicted molar refractivity (Wildman–Crippen MR) is 123 cm³/mol. The molecule has 0 aromatic heterocycles. The normalized spacial score (nSPS) is 20.3. The smallest absolute Gasteiger partial charge is 0.252 e. The maximum Gasteiger partial charge on any atom is 0.252 e. The maximum absolute atomic E-state index is 13.5. The molecule has 32 heavy (non-hydrogen) atoms. The highest BCUT2D eigenvalue weighted by Gasteiger charge is 2.46. The fraction of sp³-hybridized carbons (Fsp3) is 0.364. The summed E-state index contributed by atoms with van der Waals surface area (Å²) in [6.45, 7) is 3.12. The van der Waals surface area contributed by atoms with Gasteiger partial charge in [0.15, 0.2) is 0 Å². The highest BCUT2D eigenvalue weighted by atomic mass is 79.9. The molecular formula is C22H24BrN3O5S. The second-order valence-electron chi connectivity index (χ2n) is 7.65. The lowest BCUT2D eigenvalue weighted by atomic mass is 10.2. The first-order valence-electron chi connectivity index (χ1n) is 10.4. The Morgan fingerprint density at radius 3 is 2.31 bits per heavy atom. The summed E-state index contributed by atoms with van der Waals surface area (Å²) >= 11 is 3.34. The minimum absolute atomic E-state index is 0.101. The molecule has 0 N–H and O–H groups in total. The number of sulfonamides is 1. The number of imide groups is 1. The Morgan fingerprint density at radius 1 is 1.00 bits per heavy atom. The van der Waals surface area contributed by atoms with Gasteiger partial charge >= 0.3 is 0 Å². The molecule has 2 fully saturated rings. The number of hydrogen-bond acceptors (Lipinski definition) is 6. The molecule has 2 saturated heterocycles. The topological polar surface area (TPSA) is 87.2 Å². The second kappa shape index (κ2) is 9.80. The van der Waals surface area contributed by atoms with Crippen LogP contribution in [-0.2, 0) is 24.3 Å². The van der Waals surface area contributed by atoms with Crippen LogP contribution < -0.4 is 4.90 Å². The lowest BCUT2D eigenvalue weighted by Gasteiger charge is -2.31. The largest absolute Gasteiger partial charge is 0.379 e. The number of morpholine rings is 1. The average molecular weight is 522 g/mol. The zero-order chi connectivity index (χ0) is 22.7. The molecule has 2 aliphatic heterocycles. The number of anilines is 1. The van der Waals surface area contributed by atoms with Gasteiger partial charge in [0.2, 0.25) is 15.9 Å². The Labute approximate surface area is 195 Å². The first-order chi connectivity index (χ1) is 15.4. The number of benzene rings is 2. The average Bonchev–Trinajstić information content (AvgIpc) is 3.09. The van der Waals surface area contributed by atoms with Gasteiger partial charge in [0.1, 0.15) is 6.04 Å². The van der Waals surface area contributed by atoms with Gasteiger partial charge in [-0.05, 0) is 36.4 Å².